The first-order valence-electron chi connectivity index (χ1n) is 6.99. The van der Waals surface area contributed by atoms with E-state index < -0.39 is 0 Å². The number of benzene rings is 2. The van der Waals surface area contributed by atoms with Crippen LogP contribution in [-0.4, -0.2) is 23.6 Å². The van der Waals surface area contributed by atoms with Crippen molar-refractivity contribution in [2.75, 3.05) is 14.1 Å². The van der Waals surface area contributed by atoms with Crippen molar-refractivity contribution in [3.63, 3.8) is 0 Å². The molecule has 0 N–H and O–H groups in total. The van der Waals surface area contributed by atoms with E-state index in [1.54, 1.807) is 0 Å². The van der Waals surface area contributed by atoms with E-state index in [-0.39, 0.29) is 0 Å². The fourth-order valence-electron chi connectivity index (χ4n) is 2.63. The molecule has 0 atom stereocenters. The molecule has 0 saturated carbocycles. The third-order valence-corrected chi connectivity index (χ3v) is 3.53. The molecule has 2 heteroatoms. The summed E-state index contributed by atoms with van der Waals surface area (Å²) in [5.41, 5.74) is 4.00. The average molecular weight is 264 g/mol. The zero-order valence-corrected chi connectivity index (χ0v) is 12.1. The van der Waals surface area contributed by atoms with Gasteiger partial charge in [-0.2, -0.15) is 0 Å². The summed E-state index contributed by atoms with van der Waals surface area (Å²) >= 11 is 0. The van der Waals surface area contributed by atoms with Gasteiger partial charge < -0.3 is 9.47 Å². The zero-order chi connectivity index (χ0) is 13.9. The summed E-state index contributed by atoms with van der Waals surface area (Å²) in [6.45, 7) is 1.91. The SMILES string of the molecule is CN(C)Cc1ccc2c(ccn2Cc2ccccc2)c1. The number of fused-ring (bicyclic) bond motifs is 1. The van der Waals surface area contributed by atoms with E-state index in [0.717, 1.165) is 13.1 Å². The van der Waals surface area contributed by atoms with Crippen molar-refractivity contribution < 1.29 is 0 Å². The molecule has 0 amide bonds. The first-order chi connectivity index (χ1) is 9.72. The van der Waals surface area contributed by atoms with Gasteiger partial charge in [0.25, 0.3) is 0 Å². The smallest absolute Gasteiger partial charge is 0.0483 e. The Morgan fingerprint density at radius 1 is 0.900 bits per heavy atom. The maximum absolute atomic E-state index is 2.31. The van der Waals surface area contributed by atoms with Crippen molar-refractivity contribution in [3.8, 4) is 0 Å². The van der Waals surface area contributed by atoms with Gasteiger partial charge in [-0.05, 0) is 48.8 Å². The highest BCUT2D eigenvalue weighted by Crippen LogP contribution is 2.19. The Morgan fingerprint density at radius 2 is 1.70 bits per heavy atom. The normalized spacial score (nSPS) is 11.3. The summed E-state index contributed by atoms with van der Waals surface area (Å²) in [4.78, 5) is 2.20. The van der Waals surface area contributed by atoms with E-state index in [9.17, 15) is 0 Å². The minimum atomic E-state index is 0.928. The van der Waals surface area contributed by atoms with Gasteiger partial charge in [0.2, 0.25) is 0 Å². The quantitative estimate of drug-likeness (QED) is 0.696. The number of nitrogens with zero attached hydrogens (tertiary/aromatic N) is 2. The van der Waals surface area contributed by atoms with Crippen LogP contribution in [-0.2, 0) is 13.1 Å². The Balaban J connectivity index is 1.90. The molecular formula is C18H20N2. The highest BCUT2D eigenvalue weighted by molar-refractivity contribution is 5.81. The molecule has 1 heterocycles. The van der Waals surface area contributed by atoms with Crippen LogP contribution in [0, 0.1) is 0 Å². The predicted octanol–water partition coefficient (Wildman–Crippen LogP) is 3.75. The largest absolute Gasteiger partial charge is 0.343 e. The number of hydrogen-bond donors (Lipinski definition) is 0. The summed E-state index contributed by atoms with van der Waals surface area (Å²) in [5.74, 6) is 0. The van der Waals surface area contributed by atoms with Crippen LogP contribution in [0.4, 0.5) is 0 Å². The minimum Gasteiger partial charge on any atom is -0.343 e. The van der Waals surface area contributed by atoms with Crippen molar-refractivity contribution in [2.45, 2.75) is 13.1 Å². The maximum atomic E-state index is 2.31. The van der Waals surface area contributed by atoms with Gasteiger partial charge in [-0.25, -0.2) is 0 Å². The van der Waals surface area contributed by atoms with Crippen LogP contribution in [0.1, 0.15) is 11.1 Å². The van der Waals surface area contributed by atoms with Gasteiger partial charge in [0.1, 0.15) is 0 Å². The summed E-state index contributed by atoms with van der Waals surface area (Å²) < 4.78 is 2.31. The van der Waals surface area contributed by atoms with E-state index in [0.29, 0.717) is 0 Å². The highest BCUT2D eigenvalue weighted by atomic mass is 15.0. The van der Waals surface area contributed by atoms with Crippen LogP contribution in [0.5, 0.6) is 0 Å². The summed E-state index contributed by atoms with van der Waals surface area (Å²) in [7, 11) is 4.20. The number of aromatic nitrogens is 1. The third kappa shape index (κ3) is 2.75. The predicted molar refractivity (Wildman–Crippen MR) is 84.9 cm³/mol. The van der Waals surface area contributed by atoms with Crippen LogP contribution >= 0.6 is 0 Å². The Labute approximate surface area is 120 Å². The fraction of sp³-hybridized carbons (Fsp3) is 0.222. The zero-order valence-electron chi connectivity index (χ0n) is 12.1. The molecular weight excluding hydrogens is 244 g/mol. The fourth-order valence-corrected chi connectivity index (χ4v) is 2.63. The molecule has 0 saturated heterocycles. The van der Waals surface area contributed by atoms with Gasteiger partial charge in [-0.15, -0.1) is 0 Å². The molecule has 3 aromatic rings. The van der Waals surface area contributed by atoms with Crippen molar-refractivity contribution in [1.29, 1.82) is 0 Å². The Morgan fingerprint density at radius 3 is 2.45 bits per heavy atom. The van der Waals surface area contributed by atoms with E-state index in [1.807, 2.05) is 0 Å². The van der Waals surface area contributed by atoms with Crippen LogP contribution < -0.4 is 0 Å². The second kappa shape index (κ2) is 5.51. The van der Waals surface area contributed by atoms with Crippen LogP contribution in [0.15, 0.2) is 60.8 Å². The second-order valence-electron chi connectivity index (χ2n) is 5.56. The Hall–Kier alpha value is -2.06. The van der Waals surface area contributed by atoms with Crippen LogP contribution in [0.3, 0.4) is 0 Å². The molecule has 0 spiro atoms. The number of rotatable bonds is 4. The lowest BCUT2D eigenvalue weighted by molar-refractivity contribution is 0.403. The maximum Gasteiger partial charge on any atom is 0.0483 e. The molecule has 0 unspecified atom stereocenters. The molecule has 1 aromatic heterocycles. The molecule has 2 nitrogen and oxygen atoms in total. The first kappa shape index (κ1) is 12.9. The van der Waals surface area contributed by atoms with E-state index in [2.05, 4.69) is 84.4 Å². The topological polar surface area (TPSA) is 8.17 Å². The van der Waals surface area contributed by atoms with Gasteiger partial charge >= 0.3 is 0 Å². The molecule has 0 radical (unpaired) electrons. The van der Waals surface area contributed by atoms with Crippen molar-refractivity contribution in [3.05, 3.63) is 71.9 Å². The molecule has 102 valence electrons. The summed E-state index contributed by atoms with van der Waals surface area (Å²) in [5, 5.41) is 1.32. The molecule has 0 fully saturated rings. The molecule has 0 aliphatic carbocycles. The van der Waals surface area contributed by atoms with Crippen molar-refractivity contribution in [1.82, 2.24) is 9.47 Å². The standard InChI is InChI=1S/C18H20N2/c1-19(2)13-16-8-9-18-17(12-16)10-11-20(18)14-15-6-4-3-5-7-15/h3-12H,13-14H2,1-2H3. The Bertz CT molecular complexity index is 696. The van der Waals surface area contributed by atoms with E-state index >= 15 is 0 Å². The lowest BCUT2D eigenvalue weighted by Gasteiger charge is -2.10. The lowest BCUT2D eigenvalue weighted by atomic mass is 10.1. The third-order valence-electron chi connectivity index (χ3n) is 3.53. The minimum absolute atomic E-state index is 0.928. The molecule has 2 aromatic carbocycles. The van der Waals surface area contributed by atoms with Crippen LogP contribution in [0.2, 0.25) is 0 Å². The molecule has 0 aliphatic rings. The Kier molecular flexibility index (Phi) is 3.57. The van der Waals surface area contributed by atoms with Gasteiger partial charge in [-0.1, -0.05) is 36.4 Å². The average Bonchev–Trinajstić information content (AvgIpc) is 2.82. The van der Waals surface area contributed by atoms with Gasteiger partial charge in [0.05, 0.1) is 0 Å². The summed E-state index contributed by atoms with van der Waals surface area (Å²) in [6, 6.07) is 19.5. The second-order valence-corrected chi connectivity index (χ2v) is 5.56. The number of hydrogen-bond acceptors (Lipinski definition) is 1. The molecule has 3 rings (SSSR count). The first-order valence-corrected chi connectivity index (χ1v) is 6.99. The van der Waals surface area contributed by atoms with Gasteiger partial charge in [0, 0.05) is 24.8 Å². The van der Waals surface area contributed by atoms with Gasteiger partial charge in [0.15, 0.2) is 0 Å². The molecule has 0 aliphatic heterocycles. The van der Waals surface area contributed by atoms with Gasteiger partial charge in [-0.3, -0.25) is 0 Å². The lowest BCUT2D eigenvalue weighted by Crippen LogP contribution is -2.10. The molecule has 20 heavy (non-hydrogen) atoms. The van der Waals surface area contributed by atoms with E-state index in [4.69, 9.17) is 0 Å². The summed E-state index contributed by atoms with van der Waals surface area (Å²) in [6.07, 6.45) is 2.18. The molecule has 0 bridgehead atoms. The van der Waals surface area contributed by atoms with Crippen LogP contribution in [0.25, 0.3) is 10.9 Å². The van der Waals surface area contributed by atoms with Crippen molar-refractivity contribution in [2.24, 2.45) is 0 Å². The highest BCUT2D eigenvalue weighted by Gasteiger charge is 2.03. The van der Waals surface area contributed by atoms with E-state index in [1.165, 1.54) is 22.0 Å². The monoisotopic (exact) mass is 264 g/mol. The van der Waals surface area contributed by atoms with Crippen molar-refractivity contribution >= 4 is 10.9 Å².